The summed E-state index contributed by atoms with van der Waals surface area (Å²) in [5.74, 6) is -3.17. The van der Waals surface area contributed by atoms with Crippen molar-refractivity contribution in [2.45, 2.75) is 91.8 Å². The second-order valence-corrected chi connectivity index (χ2v) is 9.21. The van der Waals surface area contributed by atoms with Crippen LogP contribution in [0.2, 0.25) is 0 Å². The number of carbonyl (C=O) groups excluding carboxylic acids is 4. The zero-order valence-corrected chi connectivity index (χ0v) is 19.8. The number of nitrogens with zero attached hydrogens (tertiary/aromatic N) is 1. The van der Waals surface area contributed by atoms with Crippen molar-refractivity contribution >= 4 is 23.6 Å². The summed E-state index contributed by atoms with van der Waals surface area (Å²) in [5.41, 5.74) is 0. The highest BCUT2D eigenvalue weighted by atomic mass is 16.5. The van der Waals surface area contributed by atoms with Crippen molar-refractivity contribution in [3.05, 3.63) is 0 Å². The molecule has 2 N–H and O–H groups in total. The van der Waals surface area contributed by atoms with E-state index in [0.29, 0.717) is 32.4 Å². The van der Waals surface area contributed by atoms with Crippen molar-refractivity contribution in [3.8, 4) is 0 Å². The number of hydrogen-bond donors (Lipinski definition) is 2. The fourth-order valence-corrected chi connectivity index (χ4v) is 3.59. The largest absolute Gasteiger partial charge is 0.464 e. The predicted octanol–water partition coefficient (Wildman–Crippen LogP) is 2.07. The van der Waals surface area contributed by atoms with Gasteiger partial charge in [-0.3, -0.25) is 14.4 Å². The molecule has 1 aliphatic rings. The van der Waals surface area contributed by atoms with Crippen molar-refractivity contribution in [1.82, 2.24) is 10.2 Å². The molecule has 31 heavy (non-hydrogen) atoms. The SMILES string of the molecule is CCCCOC(=O)[C@@H]1CCCN1C(=O)[C@H](CC(C)C)NC(=O)C(C)C(=O)[C@@H](O)C(C)C. The number of rotatable bonds is 12. The molecule has 1 heterocycles. The first-order chi connectivity index (χ1) is 14.5. The number of ketones is 1. The van der Waals surface area contributed by atoms with Gasteiger partial charge in [-0.2, -0.15) is 0 Å². The molecule has 0 radical (unpaired) electrons. The normalized spacial score (nSPS) is 19.3. The van der Waals surface area contributed by atoms with E-state index in [9.17, 15) is 24.3 Å². The van der Waals surface area contributed by atoms with E-state index in [-0.39, 0.29) is 17.7 Å². The van der Waals surface area contributed by atoms with Crippen molar-refractivity contribution in [3.63, 3.8) is 0 Å². The van der Waals surface area contributed by atoms with Crippen LogP contribution in [0.5, 0.6) is 0 Å². The maximum atomic E-state index is 13.3. The van der Waals surface area contributed by atoms with Gasteiger partial charge >= 0.3 is 5.97 Å². The Labute approximate surface area is 186 Å². The van der Waals surface area contributed by atoms with Crippen LogP contribution in [0.25, 0.3) is 0 Å². The van der Waals surface area contributed by atoms with Crippen LogP contribution in [0.1, 0.15) is 73.6 Å². The van der Waals surface area contributed by atoms with Crippen LogP contribution in [-0.4, -0.2) is 64.9 Å². The molecule has 1 unspecified atom stereocenters. The fourth-order valence-electron chi connectivity index (χ4n) is 3.59. The van der Waals surface area contributed by atoms with Crippen LogP contribution >= 0.6 is 0 Å². The van der Waals surface area contributed by atoms with Crippen molar-refractivity contribution in [1.29, 1.82) is 0 Å². The molecular formula is C23H40N2O6. The van der Waals surface area contributed by atoms with E-state index < -0.39 is 41.8 Å². The first-order valence-corrected chi connectivity index (χ1v) is 11.5. The Kier molecular flexibility index (Phi) is 11.2. The number of aliphatic hydroxyl groups excluding tert-OH is 1. The van der Waals surface area contributed by atoms with E-state index in [1.807, 2.05) is 20.8 Å². The molecule has 1 fully saturated rings. The van der Waals surface area contributed by atoms with E-state index in [1.54, 1.807) is 13.8 Å². The number of esters is 1. The van der Waals surface area contributed by atoms with Crippen molar-refractivity contribution in [2.75, 3.05) is 13.2 Å². The van der Waals surface area contributed by atoms with E-state index in [4.69, 9.17) is 4.74 Å². The minimum atomic E-state index is -1.24. The Hall–Kier alpha value is -1.96. The van der Waals surface area contributed by atoms with Crippen LogP contribution in [0.3, 0.4) is 0 Å². The average molecular weight is 441 g/mol. The second-order valence-electron chi connectivity index (χ2n) is 9.21. The van der Waals surface area contributed by atoms with Crippen LogP contribution in [0.15, 0.2) is 0 Å². The van der Waals surface area contributed by atoms with Crippen LogP contribution in [0, 0.1) is 17.8 Å². The highest BCUT2D eigenvalue weighted by molar-refractivity contribution is 6.04. The maximum Gasteiger partial charge on any atom is 0.328 e. The number of Topliss-reactive ketones (excluding diaryl/α,β-unsaturated/α-hetero) is 1. The number of nitrogens with one attached hydrogen (secondary N) is 1. The van der Waals surface area contributed by atoms with Gasteiger partial charge in [0.25, 0.3) is 0 Å². The van der Waals surface area contributed by atoms with Gasteiger partial charge in [-0.25, -0.2) is 4.79 Å². The van der Waals surface area contributed by atoms with E-state index in [2.05, 4.69) is 5.32 Å². The average Bonchev–Trinajstić information content (AvgIpc) is 3.20. The van der Waals surface area contributed by atoms with Crippen LogP contribution in [0.4, 0.5) is 0 Å². The lowest BCUT2D eigenvalue weighted by atomic mass is 9.93. The third-order valence-corrected chi connectivity index (χ3v) is 5.61. The molecule has 1 aliphatic heterocycles. The van der Waals surface area contributed by atoms with Crippen molar-refractivity contribution in [2.24, 2.45) is 17.8 Å². The molecule has 1 saturated heterocycles. The van der Waals surface area contributed by atoms with Gasteiger partial charge in [0.05, 0.1) is 12.5 Å². The van der Waals surface area contributed by atoms with Gasteiger partial charge in [0.15, 0.2) is 5.78 Å². The van der Waals surface area contributed by atoms with Gasteiger partial charge in [0.2, 0.25) is 11.8 Å². The fraction of sp³-hybridized carbons (Fsp3) is 0.826. The molecule has 0 aromatic heterocycles. The Bertz CT molecular complexity index is 634. The monoisotopic (exact) mass is 440 g/mol. The van der Waals surface area contributed by atoms with E-state index >= 15 is 0 Å². The number of aliphatic hydroxyl groups is 1. The van der Waals surface area contributed by atoms with Gasteiger partial charge in [0, 0.05) is 6.54 Å². The topological polar surface area (TPSA) is 113 Å². The minimum absolute atomic E-state index is 0.110. The van der Waals surface area contributed by atoms with Gasteiger partial charge < -0.3 is 20.1 Å². The van der Waals surface area contributed by atoms with E-state index in [0.717, 1.165) is 12.8 Å². The van der Waals surface area contributed by atoms with E-state index in [1.165, 1.54) is 11.8 Å². The second kappa shape index (κ2) is 12.8. The lowest BCUT2D eigenvalue weighted by molar-refractivity contribution is -0.154. The number of likely N-dealkylation sites (tertiary alicyclic amines) is 1. The summed E-state index contributed by atoms with van der Waals surface area (Å²) < 4.78 is 5.31. The summed E-state index contributed by atoms with van der Waals surface area (Å²) in [4.78, 5) is 52.3. The summed E-state index contributed by atoms with van der Waals surface area (Å²) in [5, 5.41) is 12.7. The molecule has 178 valence electrons. The van der Waals surface area contributed by atoms with Crippen LogP contribution < -0.4 is 5.32 Å². The minimum Gasteiger partial charge on any atom is -0.464 e. The molecule has 8 nitrogen and oxygen atoms in total. The highest BCUT2D eigenvalue weighted by Gasteiger charge is 2.39. The smallest absolute Gasteiger partial charge is 0.328 e. The third kappa shape index (κ3) is 7.91. The molecule has 2 amide bonds. The first-order valence-electron chi connectivity index (χ1n) is 11.5. The predicted molar refractivity (Wildman–Crippen MR) is 117 cm³/mol. The molecule has 8 heteroatoms. The number of unbranched alkanes of at least 4 members (excludes halogenated alkanes) is 1. The molecule has 0 spiro atoms. The zero-order valence-electron chi connectivity index (χ0n) is 19.8. The summed E-state index contributed by atoms with van der Waals surface area (Å²) in [6, 6.07) is -1.49. The Morgan fingerprint density at radius 3 is 2.32 bits per heavy atom. The summed E-state index contributed by atoms with van der Waals surface area (Å²) in [6.07, 6.45) is 2.05. The summed E-state index contributed by atoms with van der Waals surface area (Å²) >= 11 is 0. The quantitative estimate of drug-likeness (QED) is 0.273. The number of ether oxygens (including phenoxy) is 1. The van der Waals surface area contributed by atoms with Gasteiger partial charge in [-0.15, -0.1) is 0 Å². The third-order valence-electron chi connectivity index (χ3n) is 5.61. The highest BCUT2D eigenvalue weighted by Crippen LogP contribution is 2.22. The molecule has 0 aromatic carbocycles. The lowest BCUT2D eigenvalue weighted by Gasteiger charge is -2.30. The lowest BCUT2D eigenvalue weighted by Crippen LogP contribution is -2.54. The molecule has 0 saturated carbocycles. The zero-order chi connectivity index (χ0) is 23.7. The molecule has 0 aromatic rings. The molecular weight excluding hydrogens is 400 g/mol. The molecule has 1 rings (SSSR count). The first kappa shape index (κ1) is 27.1. The van der Waals surface area contributed by atoms with Gasteiger partial charge in [-0.05, 0) is 44.4 Å². The Morgan fingerprint density at radius 1 is 1.13 bits per heavy atom. The molecule has 0 aliphatic carbocycles. The molecule has 4 atom stereocenters. The Morgan fingerprint density at radius 2 is 1.77 bits per heavy atom. The number of amides is 2. The standard InChI is InChI=1S/C23H40N2O6/c1-7-8-12-31-23(30)18-10-9-11-25(18)22(29)17(13-14(2)3)24-21(28)16(6)20(27)19(26)15(4)5/h14-19,26H,7-13H2,1-6H3,(H,24,28)/t16?,17-,18-,19-/m0/s1. The van der Waals surface area contributed by atoms with Gasteiger partial charge in [0.1, 0.15) is 18.2 Å². The number of carbonyl (C=O) groups is 4. The summed E-state index contributed by atoms with van der Waals surface area (Å²) in [6.45, 7) is 11.5. The maximum absolute atomic E-state index is 13.3. The van der Waals surface area contributed by atoms with Crippen molar-refractivity contribution < 1.29 is 29.0 Å². The molecule has 0 bridgehead atoms. The summed E-state index contributed by atoms with van der Waals surface area (Å²) in [7, 11) is 0. The Balaban J connectivity index is 2.90. The van der Waals surface area contributed by atoms with Gasteiger partial charge in [-0.1, -0.05) is 41.0 Å². The van der Waals surface area contributed by atoms with Crippen LogP contribution in [-0.2, 0) is 23.9 Å². The number of hydrogen-bond acceptors (Lipinski definition) is 6.